The third-order valence-electron chi connectivity index (χ3n) is 4.88. The summed E-state index contributed by atoms with van der Waals surface area (Å²) >= 11 is 1.19. The SMILES string of the molecule is Nc1nsc(NCC(C2CC2)C2CC2)c1S(=O)(=O)C1CC1. The fourth-order valence-corrected chi connectivity index (χ4v) is 6.10. The van der Waals surface area contributed by atoms with Gasteiger partial charge in [-0.1, -0.05) is 0 Å². The molecule has 5 nitrogen and oxygen atoms in total. The summed E-state index contributed by atoms with van der Waals surface area (Å²) in [5.74, 6) is 2.56. The summed E-state index contributed by atoms with van der Waals surface area (Å²) < 4.78 is 29.0. The van der Waals surface area contributed by atoms with E-state index in [9.17, 15) is 8.42 Å². The average Bonchev–Trinajstić information content (AvgIpc) is 3.28. The van der Waals surface area contributed by atoms with E-state index >= 15 is 0 Å². The van der Waals surface area contributed by atoms with Gasteiger partial charge in [-0.15, -0.1) is 0 Å². The minimum absolute atomic E-state index is 0.170. The van der Waals surface area contributed by atoms with E-state index in [0.29, 0.717) is 10.9 Å². The Labute approximate surface area is 129 Å². The first-order chi connectivity index (χ1) is 10.1. The molecule has 116 valence electrons. The highest BCUT2D eigenvalue weighted by molar-refractivity contribution is 7.92. The van der Waals surface area contributed by atoms with Crippen molar-refractivity contribution in [2.24, 2.45) is 17.8 Å². The van der Waals surface area contributed by atoms with Gasteiger partial charge in [0.1, 0.15) is 9.90 Å². The monoisotopic (exact) mass is 327 g/mol. The predicted molar refractivity (Wildman–Crippen MR) is 84.2 cm³/mol. The van der Waals surface area contributed by atoms with Crippen LogP contribution in [-0.2, 0) is 9.84 Å². The number of hydrogen-bond donors (Lipinski definition) is 2. The summed E-state index contributed by atoms with van der Waals surface area (Å²) in [6.45, 7) is 0.865. The Morgan fingerprint density at radius 1 is 1.19 bits per heavy atom. The average molecular weight is 327 g/mol. The normalized spacial score (nSPS) is 22.7. The number of nitrogen functional groups attached to an aromatic ring is 1. The molecule has 0 saturated heterocycles. The van der Waals surface area contributed by atoms with Gasteiger partial charge in [-0.3, -0.25) is 0 Å². The van der Waals surface area contributed by atoms with E-state index in [1.165, 1.54) is 37.2 Å². The molecule has 3 fully saturated rings. The van der Waals surface area contributed by atoms with Crippen LogP contribution in [0.4, 0.5) is 10.8 Å². The number of rotatable bonds is 7. The van der Waals surface area contributed by atoms with E-state index in [1.807, 2.05) is 0 Å². The number of nitrogens with zero attached hydrogens (tertiary/aromatic N) is 1. The number of anilines is 2. The lowest BCUT2D eigenvalue weighted by molar-refractivity contribution is 0.428. The van der Waals surface area contributed by atoms with Gasteiger partial charge < -0.3 is 11.1 Å². The number of hydrogen-bond acceptors (Lipinski definition) is 6. The summed E-state index contributed by atoms with van der Waals surface area (Å²) in [5.41, 5.74) is 5.82. The second-order valence-electron chi connectivity index (χ2n) is 6.69. The first-order valence-electron chi connectivity index (χ1n) is 7.80. The van der Waals surface area contributed by atoms with Gasteiger partial charge in [0, 0.05) is 6.54 Å². The van der Waals surface area contributed by atoms with Crippen LogP contribution in [0.15, 0.2) is 4.90 Å². The van der Waals surface area contributed by atoms with E-state index in [2.05, 4.69) is 9.69 Å². The van der Waals surface area contributed by atoms with Gasteiger partial charge in [-0.25, -0.2) is 8.42 Å². The van der Waals surface area contributed by atoms with Crippen LogP contribution in [-0.4, -0.2) is 24.6 Å². The molecule has 3 aliphatic carbocycles. The third kappa shape index (κ3) is 2.65. The highest BCUT2D eigenvalue weighted by Crippen LogP contribution is 2.49. The second-order valence-corrected chi connectivity index (χ2v) is 9.63. The van der Waals surface area contributed by atoms with Gasteiger partial charge in [-0.2, -0.15) is 4.37 Å². The van der Waals surface area contributed by atoms with Crippen molar-refractivity contribution < 1.29 is 8.42 Å². The standard InChI is InChI=1S/C14H21N3O2S2/c15-13-12(21(18,19)10-5-6-10)14(20-17-13)16-7-11(8-1-2-8)9-3-4-9/h8-11,16H,1-7H2,(H2,15,17). The quantitative estimate of drug-likeness (QED) is 0.804. The lowest BCUT2D eigenvalue weighted by atomic mass is 9.98. The van der Waals surface area contributed by atoms with Crippen LogP contribution in [0.3, 0.4) is 0 Å². The van der Waals surface area contributed by atoms with Crippen LogP contribution in [0, 0.1) is 17.8 Å². The van der Waals surface area contributed by atoms with E-state index in [1.54, 1.807) is 0 Å². The largest absolute Gasteiger partial charge is 0.382 e. The molecule has 3 N–H and O–H groups in total. The molecular weight excluding hydrogens is 306 g/mol. The molecule has 1 aromatic rings. The van der Waals surface area contributed by atoms with Crippen molar-refractivity contribution in [1.29, 1.82) is 0 Å². The third-order valence-corrected chi connectivity index (χ3v) is 8.15. The fraction of sp³-hybridized carbons (Fsp3) is 0.786. The molecule has 0 unspecified atom stereocenters. The van der Waals surface area contributed by atoms with Crippen LogP contribution in [0.25, 0.3) is 0 Å². The molecule has 4 rings (SSSR count). The van der Waals surface area contributed by atoms with Crippen LogP contribution in [0.2, 0.25) is 0 Å². The highest BCUT2D eigenvalue weighted by atomic mass is 32.2. The summed E-state index contributed by atoms with van der Waals surface area (Å²) in [5, 5.41) is 3.78. The molecular formula is C14H21N3O2S2. The molecule has 0 atom stereocenters. The van der Waals surface area contributed by atoms with E-state index in [4.69, 9.17) is 5.73 Å². The Bertz CT molecular complexity index is 631. The van der Waals surface area contributed by atoms with Crippen molar-refractivity contribution in [3.63, 3.8) is 0 Å². The van der Waals surface area contributed by atoms with Crippen molar-refractivity contribution in [2.45, 2.75) is 48.7 Å². The Kier molecular flexibility index (Phi) is 3.19. The smallest absolute Gasteiger partial charge is 0.187 e. The van der Waals surface area contributed by atoms with Crippen molar-refractivity contribution in [3.05, 3.63) is 0 Å². The Balaban J connectivity index is 1.52. The molecule has 0 bridgehead atoms. The molecule has 0 aromatic carbocycles. The van der Waals surface area contributed by atoms with Crippen molar-refractivity contribution in [3.8, 4) is 0 Å². The molecule has 1 aromatic heterocycles. The molecule has 3 saturated carbocycles. The van der Waals surface area contributed by atoms with Crippen LogP contribution >= 0.6 is 11.5 Å². The minimum atomic E-state index is -3.28. The number of nitrogens with two attached hydrogens (primary N) is 1. The number of sulfone groups is 1. The van der Waals surface area contributed by atoms with Crippen LogP contribution in [0.1, 0.15) is 38.5 Å². The highest BCUT2D eigenvalue weighted by Gasteiger charge is 2.43. The summed E-state index contributed by atoms with van der Waals surface area (Å²) in [7, 11) is -3.28. The summed E-state index contributed by atoms with van der Waals surface area (Å²) in [6, 6.07) is 0. The summed E-state index contributed by atoms with van der Waals surface area (Å²) in [4.78, 5) is 0.264. The van der Waals surface area contributed by atoms with E-state index in [0.717, 1.165) is 31.2 Å². The summed E-state index contributed by atoms with van der Waals surface area (Å²) in [6.07, 6.45) is 6.84. The molecule has 0 spiro atoms. The zero-order valence-electron chi connectivity index (χ0n) is 11.9. The Morgan fingerprint density at radius 2 is 1.81 bits per heavy atom. The maximum absolute atomic E-state index is 12.5. The predicted octanol–water partition coefficient (Wildman–Crippen LogP) is 2.51. The van der Waals surface area contributed by atoms with Gasteiger partial charge in [0.25, 0.3) is 0 Å². The first-order valence-corrected chi connectivity index (χ1v) is 10.1. The minimum Gasteiger partial charge on any atom is -0.382 e. The maximum atomic E-state index is 12.5. The van der Waals surface area contributed by atoms with Crippen molar-refractivity contribution in [2.75, 3.05) is 17.6 Å². The number of aromatic nitrogens is 1. The zero-order valence-corrected chi connectivity index (χ0v) is 13.5. The lowest BCUT2D eigenvalue weighted by Gasteiger charge is -2.16. The lowest BCUT2D eigenvalue weighted by Crippen LogP contribution is -2.19. The second kappa shape index (κ2) is 4.84. The first kappa shape index (κ1) is 13.8. The topological polar surface area (TPSA) is 85.1 Å². The Morgan fingerprint density at radius 3 is 2.33 bits per heavy atom. The van der Waals surface area contributed by atoms with Gasteiger partial charge in [0.05, 0.1) is 5.25 Å². The van der Waals surface area contributed by atoms with Crippen LogP contribution in [0.5, 0.6) is 0 Å². The molecule has 21 heavy (non-hydrogen) atoms. The molecule has 0 radical (unpaired) electrons. The van der Waals surface area contributed by atoms with Crippen molar-refractivity contribution >= 4 is 32.2 Å². The molecule has 1 heterocycles. The molecule has 0 amide bonds. The molecule has 3 aliphatic rings. The van der Waals surface area contributed by atoms with E-state index < -0.39 is 9.84 Å². The van der Waals surface area contributed by atoms with E-state index in [-0.39, 0.29) is 16.0 Å². The molecule has 7 heteroatoms. The Hall–Kier alpha value is -0.820. The van der Waals surface area contributed by atoms with Crippen molar-refractivity contribution in [1.82, 2.24) is 4.37 Å². The van der Waals surface area contributed by atoms with Gasteiger partial charge in [0.15, 0.2) is 15.7 Å². The number of nitrogens with one attached hydrogen (secondary N) is 1. The fourth-order valence-electron chi connectivity index (χ4n) is 3.20. The molecule has 0 aliphatic heterocycles. The zero-order chi connectivity index (χ0) is 14.6. The van der Waals surface area contributed by atoms with Crippen LogP contribution < -0.4 is 11.1 Å². The van der Waals surface area contributed by atoms with Gasteiger partial charge in [0.2, 0.25) is 0 Å². The maximum Gasteiger partial charge on any atom is 0.187 e. The van der Waals surface area contributed by atoms with Gasteiger partial charge >= 0.3 is 0 Å². The van der Waals surface area contributed by atoms with Gasteiger partial charge in [-0.05, 0) is 67.8 Å².